The molecule has 1 amide bonds. The molecule has 1 unspecified atom stereocenters. The normalized spacial score (nSPS) is 12.0. The third kappa shape index (κ3) is 3.67. The lowest BCUT2D eigenvalue weighted by Gasteiger charge is -2.26. The van der Waals surface area contributed by atoms with Crippen LogP contribution in [-0.2, 0) is 0 Å². The number of aromatic nitrogens is 1. The highest BCUT2D eigenvalue weighted by Gasteiger charge is 2.21. The van der Waals surface area contributed by atoms with Gasteiger partial charge in [0, 0.05) is 28.9 Å². The summed E-state index contributed by atoms with van der Waals surface area (Å²) in [5, 5.41) is 1.37. The van der Waals surface area contributed by atoms with Crippen LogP contribution in [0.2, 0.25) is 15.2 Å². The molecule has 1 atom stereocenters. The maximum Gasteiger partial charge on any atom is 0.254 e. The standard InChI is InChI=1S/C15H13Cl3N2O/c1-9(12-4-3-11(16)8-13(12)17)20(2)15(21)10-5-6-19-14(18)7-10/h3-9H,1-2H3. The number of pyridine rings is 1. The molecule has 6 heteroatoms. The lowest BCUT2D eigenvalue weighted by Crippen LogP contribution is -2.29. The molecule has 0 saturated heterocycles. The van der Waals surface area contributed by atoms with Crippen LogP contribution in [0.1, 0.15) is 28.9 Å². The summed E-state index contributed by atoms with van der Waals surface area (Å²) >= 11 is 17.9. The molecule has 0 aliphatic heterocycles. The van der Waals surface area contributed by atoms with Crippen LogP contribution in [0.4, 0.5) is 0 Å². The molecule has 21 heavy (non-hydrogen) atoms. The zero-order chi connectivity index (χ0) is 15.6. The van der Waals surface area contributed by atoms with Gasteiger partial charge in [-0.25, -0.2) is 4.98 Å². The molecule has 0 aliphatic rings. The smallest absolute Gasteiger partial charge is 0.254 e. The van der Waals surface area contributed by atoms with E-state index in [1.807, 2.05) is 13.0 Å². The van der Waals surface area contributed by atoms with Crippen LogP contribution in [0.5, 0.6) is 0 Å². The maximum absolute atomic E-state index is 12.5. The molecule has 3 nitrogen and oxygen atoms in total. The Balaban J connectivity index is 2.26. The van der Waals surface area contributed by atoms with Gasteiger partial charge in [0.15, 0.2) is 0 Å². The second-order valence-electron chi connectivity index (χ2n) is 4.63. The van der Waals surface area contributed by atoms with Gasteiger partial charge in [-0.2, -0.15) is 0 Å². The molecule has 0 N–H and O–H groups in total. The van der Waals surface area contributed by atoms with Crippen molar-refractivity contribution in [2.24, 2.45) is 0 Å². The molecule has 1 aromatic heterocycles. The van der Waals surface area contributed by atoms with E-state index >= 15 is 0 Å². The van der Waals surface area contributed by atoms with E-state index in [-0.39, 0.29) is 17.1 Å². The van der Waals surface area contributed by atoms with Crippen LogP contribution in [-0.4, -0.2) is 22.8 Å². The van der Waals surface area contributed by atoms with E-state index in [2.05, 4.69) is 4.98 Å². The number of nitrogens with zero attached hydrogens (tertiary/aromatic N) is 2. The van der Waals surface area contributed by atoms with Crippen molar-refractivity contribution in [1.82, 2.24) is 9.88 Å². The molecule has 2 aromatic rings. The Labute approximate surface area is 138 Å². The number of halogens is 3. The molecular weight excluding hydrogens is 331 g/mol. The average molecular weight is 344 g/mol. The van der Waals surface area contributed by atoms with Crippen molar-refractivity contribution in [2.75, 3.05) is 7.05 Å². The van der Waals surface area contributed by atoms with E-state index in [1.54, 1.807) is 30.1 Å². The Morgan fingerprint density at radius 3 is 2.52 bits per heavy atom. The Bertz CT molecular complexity index is 676. The SMILES string of the molecule is CC(c1ccc(Cl)cc1Cl)N(C)C(=O)c1ccnc(Cl)c1. The zero-order valence-electron chi connectivity index (χ0n) is 11.5. The largest absolute Gasteiger partial charge is 0.335 e. The second kappa shape index (κ2) is 6.65. The van der Waals surface area contributed by atoms with Crippen LogP contribution >= 0.6 is 34.8 Å². The Hall–Kier alpha value is -1.29. The van der Waals surface area contributed by atoms with Crippen LogP contribution in [0.3, 0.4) is 0 Å². The van der Waals surface area contributed by atoms with E-state index in [1.165, 1.54) is 12.3 Å². The van der Waals surface area contributed by atoms with Crippen LogP contribution in [0, 0.1) is 0 Å². The molecule has 0 fully saturated rings. The highest BCUT2D eigenvalue weighted by atomic mass is 35.5. The first-order chi connectivity index (χ1) is 9.90. The average Bonchev–Trinajstić information content (AvgIpc) is 2.45. The number of carbonyl (C=O) groups excluding carboxylic acids is 1. The fourth-order valence-electron chi connectivity index (χ4n) is 1.96. The topological polar surface area (TPSA) is 33.2 Å². The fraction of sp³-hybridized carbons (Fsp3) is 0.200. The molecule has 1 heterocycles. The number of rotatable bonds is 3. The van der Waals surface area contributed by atoms with E-state index in [0.29, 0.717) is 15.6 Å². The van der Waals surface area contributed by atoms with E-state index in [0.717, 1.165) is 5.56 Å². The number of hydrogen-bond acceptors (Lipinski definition) is 2. The molecule has 0 saturated carbocycles. The van der Waals surface area contributed by atoms with Gasteiger partial charge in [-0.15, -0.1) is 0 Å². The van der Waals surface area contributed by atoms with Gasteiger partial charge < -0.3 is 4.90 Å². The summed E-state index contributed by atoms with van der Waals surface area (Å²) in [5.74, 6) is -0.155. The summed E-state index contributed by atoms with van der Waals surface area (Å²) in [6.07, 6.45) is 1.50. The third-order valence-electron chi connectivity index (χ3n) is 3.29. The fourth-order valence-corrected chi connectivity index (χ4v) is 2.70. The van der Waals surface area contributed by atoms with Crippen molar-refractivity contribution in [3.05, 3.63) is 62.9 Å². The first-order valence-corrected chi connectivity index (χ1v) is 7.37. The third-order valence-corrected chi connectivity index (χ3v) is 4.06. The summed E-state index contributed by atoms with van der Waals surface area (Å²) in [7, 11) is 1.71. The molecule has 0 spiro atoms. The minimum absolute atomic E-state index is 0.155. The van der Waals surface area contributed by atoms with Gasteiger partial charge in [-0.1, -0.05) is 40.9 Å². The maximum atomic E-state index is 12.5. The van der Waals surface area contributed by atoms with Gasteiger partial charge in [-0.3, -0.25) is 4.79 Å². The Kier molecular flexibility index (Phi) is 5.09. The second-order valence-corrected chi connectivity index (χ2v) is 5.86. The highest BCUT2D eigenvalue weighted by molar-refractivity contribution is 6.35. The summed E-state index contributed by atoms with van der Waals surface area (Å²) in [4.78, 5) is 17.9. The van der Waals surface area contributed by atoms with Gasteiger partial charge >= 0.3 is 0 Å². The molecule has 110 valence electrons. The van der Waals surface area contributed by atoms with Crippen molar-refractivity contribution < 1.29 is 4.79 Å². The minimum Gasteiger partial charge on any atom is -0.335 e. The number of carbonyl (C=O) groups is 1. The van der Waals surface area contributed by atoms with Gasteiger partial charge in [0.2, 0.25) is 0 Å². The molecule has 0 aliphatic carbocycles. The lowest BCUT2D eigenvalue weighted by atomic mass is 10.1. The van der Waals surface area contributed by atoms with Gasteiger partial charge in [0.1, 0.15) is 5.15 Å². The predicted molar refractivity (Wildman–Crippen MR) is 86.2 cm³/mol. The molecular formula is C15H13Cl3N2O. The summed E-state index contributed by atoms with van der Waals surface area (Å²) in [5.41, 5.74) is 1.31. The first-order valence-electron chi connectivity index (χ1n) is 6.24. The molecule has 0 radical (unpaired) electrons. The quantitative estimate of drug-likeness (QED) is 0.745. The number of hydrogen-bond donors (Lipinski definition) is 0. The Morgan fingerprint density at radius 1 is 1.19 bits per heavy atom. The number of benzene rings is 1. The van der Waals surface area contributed by atoms with Crippen molar-refractivity contribution >= 4 is 40.7 Å². The Morgan fingerprint density at radius 2 is 1.90 bits per heavy atom. The van der Waals surface area contributed by atoms with Gasteiger partial charge in [0.05, 0.1) is 6.04 Å². The summed E-state index contributed by atoms with van der Waals surface area (Å²) in [6, 6.07) is 8.20. The van der Waals surface area contributed by atoms with E-state index in [4.69, 9.17) is 34.8 Å². The van der Waals surface area contributed by atoms with Gasteiger partial charge in [-0.05, 0) is 36.8 Å². The van der Waals surface area contributed by atoms with Crippen LogP contribution < -0.4 is 0 Å². The van der Waals surface area contributed by atoms with E-state index < -0.39 is 0 Å². The summed E-state index contributed by atoms with van der Waals surface area (Å²) in [6.45, 7) is 1.90. The minimum atomic E-state index is -0.200. The highest BCUT2D eigenvalue weighted by Crippen LogP contribution is 2.29. The van der Waals surface area contributed by atoms with Crippen molar-refractivity contribution in [1.29, 1.82) is 0 Å². The van der Waals surface area contributed by atoms with Gasteiger partial charge in [0.25, 0.3) is 5.91 Å². The monoisotopic (exact) mass is 342 g/mol. The van der Waals surface area contributed by atoms with Crippen LogP contribution in [0.15, 0.2) is 36.5 Å². The van der Waals surface area contributed by atoms with Crippen molar-refractivity contribution in [2.45, 2.75) is 13.0 Å². The lowest BCUT2D eigenvalue weighted by molar-refractivity contribution is 0.0742. The first kappa shape index (κ1) is 16.1. The number of amides is 1. The molecule has 2 rings (SSSR count). The van der Waals surface area contributed by atoms with E-state index in [9.17, 15) is 4.79 Å². The van der Waals surface area contributed by atoms with Crippen molar-refractivity contribution in [3.63, 3.8) is 0 Å². The predicted octanol–water partition coefficient (Wildman–Crippen LogP) is 4.88. The van der Waals surface area contributed by atoms with Crippen molar-refractivity contribution in [3.8, 4) is 0 Å². The van der Waals surface area contributed by atoms with Crippen LogP contribution in [0.25, 0.3) is 0 Å². The zero-order valence-corrected chi connectivity index (χ0v) is 13.7. The molecule has 1 aromatic carbocycles. The molecule has 0 bridgehead atoms. The summed E-state index contributed by atoms with van der Waals surface area (Å²) < 4.78 is 0.